The van der Waals surface area contributed by atoms with Gasteiger partial charge >= 0.3 is 6.03 Å². The molecule has 5 heteroatoms. The molecule has 2 N–H and O–H groups in total. The van der Waals surface area contributed by atoms with Gasteiger partial charge in [0.2, 0.25) is 0 Å². The van der Waals surface area contributed by atoms with Gasteiger partial charge in [-0.3, -0.25) is 0 Å². The summed E-state index contributed by atoms with van der Waals surface area (Å²) >= 11 is 0. The molecular formula is C16H26N2O3. The van der Waals surface area contributed by atoms with E-state index in [1.165, 1.54) is 0 Å². The van der Waals surface area contributed by atoms with E-state index >= 15 is 0 Å². The molecular weight excluding hydrogens is 268 g/mol. The van der Waals surface area contributed by atoms with E-state index in [-0.39, 0.29) is 12.1 Å². The molecule has 1 aromatic rings. The number of nitrogens with one attached hydrogen (secondary N) is 2. The molecule has 0 radical (unpaired) electrons. The minimum absolute atomic E-state index is 0.0265. The minimum Gasteiger partial charge on any atom is -0.496 e. The fraction of sp³-hybridized carbons (Fsp3) is 0.562. The fourth-order valence-corrected chi connectivity index (χ4v) is 1.82. The fourth-order valence-electron chi connectivity index (χ4n) is 1.82. The van der Waals surface area contributed by atoms with Crippen molar-refractivity contribution in [2.45, 2.75) is 33.4 Å². The molecule has 0 saturated carbocycles. The summed E-state index contributed by atoms with van der Waals surface area (Å²) in [6.07, 6.45) is 0. The van der Waals surface area contributed by atoms with Crippen molar-refractivity contribution in [2.75, 3.05) is 20.3 Å². The number of rotatable bonds is 8. The number of amides is 2. The Morgan fingerprint density at radius 1 is 1.19 bits per heavy atom. The van der Waals surface area contributed by atoms with Crippen LogP contribution in [0, 0.1) is 5.92 Å². The summed E-state index contributed by atoms with van der Waals surface area (Å²) in [6, 6.07) is 7.38. The molecule has 5 nitrogen and oxygen atoms in total. The Balaban J connectivity index is 2.30. The van der Waals surface area contributed by atoms with Crippen LogP contribution >= 0.6 is 0 Å². The monoisotopic (exact) mass is 294 g/mol. The summed E-state index contributed by atoms with van der Waals surface area (Å²) in [5.74, 6) is 1.27. The van der Waals surface area contributed by atoms with Gasteiger partial charge in [-0.15, -0.1) is 0 Å². The van der Waals surface area contributed by atoms with E-state index in [0.717, 1.165) is 11.3 Å². The Kier molecular flexibility index (Phi) is 7.61. The van der Waals surface area contributed by atoms with E-state index in [1.54, 1.807) is 7.11 Å². The topological polar surface area (TPSA) is 59.6 Å². The molecule has 0 fully saturated rings. The highest BCUT2D eigenvalue weighted by Gasteiger charge is 2.08. The van der Waals surface area contributed by atoms with E-state index in [9.17, 15) is 4.79 Å². The predicted molar refractivity (Wildman–Crippen MR) is 83.5 cm³/mol. The molecule has 0 aliphatic carbocycles. The highest BCUT2D eigenvalue weighted by molar-refractivity contribution is 5.74. The van der Waals surface area contributed by atoms with E-state index < -0.39 is 0 Å². The number of para-hydroxylation sites is 1. The van der Waals surface area contributed by atoms with Gasteiger partial charge in [0.1, 0.15) is 5.75 Å². The molecule has 0 bridgehead atoms. The molecule has 1 aromatic carbocycles. The Labute approximate surface area is 127 Å². The van der Waals surface area contributed by atoms with Crippen LogP contribution in [0.3, 0.4) is 0 Å². The third-order valence-electron chi connectivity index (χ3n) is 2.83. The second-order valence-electron chi connectivity index (χ2n) is 5.47. The smallest absolute Gasteiger partial charge is 0.315 e. The Hall–Kier alpha value is -1.75. The van der Waals surface area contributed by atoms with Gasteiger partial charge in [-0.2, -0.15) is 0 Å². The third-order valence-corrected chi connectivity index (χ3v) is 2.83. The van der Waals surface area contributed by atoms with Crippen LogP contribution in [-0.2, 0) is 11.3 Å². The molecule has 0 aliphatic rings. The summed E-state index contributed by atoms with van der Waals surface area (Å²) in [5.41, 5.74) is 0.943. The van der Waals surface area contributed by atoms with Crippen molar-refractivity contribution in [3.05, 3.63) is 29.8 Å². The molecule has 0 aliphatic heterocycles. The van der Waals surface area contributed by atoms with Gasteiger partial charge < -0.3 is 20.1 Å². The molecule has 2 amide bonds. The maximum Gasteiger partial charge on any atom is 0.315 e. The molecule has 118 valence electrons. The van der Waals surface area contributed by atoms with Gasteiger partial charge in [0, 0.05) is 18.7 Å². The maximum absolute atomic E-state index is 11.8. The Bertz CT molecular complexity index is 435. The van der Waals surface area contributed by atoms with Crippen molar-refractivity contribution in [1.29, 1.82) is 0 Å². The normalized spacial score (nSPS) is 12.0. The van der Waals surface area contributed by atoms with E-state index in [0.29, 0.717) is 25.7 Å². The second kappa shape index (κ2) is 9.23. The van der Waals surface area contributed by atoms with Gasteiger partial charge in [0.25, 0.3) is 0 Å². The molecule has 0 heterocycles. The van der Waals surface area contributed by atoms with Crippen molar-refractivity contribution < 1.29 is 14.3 Å². The van der Waals surface area contributed by atoms with Crippen molar-refractivity contribution in [1.82, 2.24) is 10.6 Å². The quantitative estimate of drug-likeness (QED) is 0.774. The number of carbonyl (C=O) groups excluding carboxylic acids is 1. The lowest BCUT2D eigenvalue weighted by molar-refractivity contribution is 0.0954. The van der Waals surface area contributed by atoms with Crippen molar-refractivity contribution >= 4 is 6.03 Å². The SMILES string of the molecule is COc1ccccc1CNC(=O)NC(C)COCC(C)C. The Morgan fingerprint density at radius 3 is 2.57 bits per heavy atom. The average molecular weight is 294 g/mol. The van der Waals surface area contributed by atoms with Crippen LogP contribution in [0.15, 0.2) is 24.3 Å². The van der Waals surface area contributed by atoms with Crippen molar-refractivity contribution in [2.24, 2.45) is 5.92 Å². The number of benzene rings is 1. The molecule has 1 rings (SSSR count). The van der Waals surface area contributed by atoms with E-state index in [1.807, 2.05) is 31.2 Å². The highest BCUT2D eigenvalue weighted by Crippen LogP contribution is 2.16. The molecule has 1 unspecified atom stereocenters. The summed E-state index contributed by atoms with van der Waals surface area (Å²) in [7, 11) is 1.62. The number of urea groups is 1. The van der Waals surface area contributed by atoms with Gasteiger partial charge in [-0.05, 0) is 18.9 Å². The molecule has 0 spiro atoms. The van der Waals surface area contributed by atoms with Crippen LogP contribution in [0.4, 0.5) is 4.79 Å². The first kappa shape index (κ1) is 17.3. The number of carbonyl (C=O) groups is 1. The molecule has 21 heavy (non-hydrogen) atoms. The Morgan fingerprint density at radius 2 is 1.90 bits per heavy atom. The molecule has 0 aromatic heterocycles. The van der Waals surface area contributed by atoms with Crippen molar-refractivity contribution in [3.63, 3.8) is 0 Å². The van der Waals surface area contributed by atoms with E-state index in [2.05, 4.69) is 24.5 Å². The largest absolute Gasteiger partial charge is 0.496 e. The lowest BCUT2D eigenvalue weighted by Crippen LogP contribution is -2.42. The summed E-state index contributed by atoms with van der Waals surface area (Å²) < 4.78 is 10.7. The first-order chi connectivity index (χ1) is 10.0. The first-order valence-corrected chi connectivity index (χ1v) is 7.27. The number of methoxy groups -OCH3 is 1. The summed E-state index contributed by atoms with van der Waals surface area (Å²) in [5, 5.41) is 5.66. The summed E-state index contributed by atoms with van der Waals surface area (Å²) in [6.45, 7) is 7.75. The van der Waals surface area contributed by atoms with Gasteiger partial charge in [0.05, 0.1) is 19.8 Å². The van der Waals surface area contributed by atoms with Crippen LogP contribution in [-0.4, -0.2) is 32.4 Å². The lowest BCUT2D eigenvalue weighted by Gasteiger charge is -2.16. The number of ether oxygens (including phenoxy) is 2. The zero-order valence-corrected chi connectivity index (χ0v) is 13.3. The predicted octanol–water partition coefficient (Wildman–Crippen LogP) is 2.56. The van der Waals surface area contributed by atoms with Gasteiger partial charge in [-0.1, -0.05) is 32.0 Å². The van der Waals surface area contributed by atoms with E-state index in [4.69, 9.17) is 9.47 Å². The van der Waals surface area contributed by atoms with Gasteiger partial charge in [0.15, 0.2) is 0 Å². The van der Waals surface area contributed by atoms with Gasteiger partial charge in [-0.25, -0.2) is 4.79 Å². The first-order valence-electron chi connectivity index (χ1n) is 7.27. The van der Waals surface area contributed by atoms with Crippen LogP contribution < -0.4 is 15.4 Å². The minimum atomic E-state index is -0.207. The third kappa shape index (κ3) is 6.99. The number of hydrogen-bond donors (Lipinski definition) is 2. The second-order valence-corrected chi connectivity index (χ2v) is 5.47. The zero-order valence-electron chi connectivity index (χ0n) is 13.3. The lowest BCUT2D eigenvalue weighted by atomic mass is 10.2. The van der Waals surface area contributed by atoms with Crippen LogP contribution in [0.5, 0.6) is 5.75 Å². The number of hydrogen-bond acceptors (Lipinski definition) is 3. The van der Waals surface area contributed by atoms with Crippen LogP contribution in [0.25, 0.3) is 0 Å². The molecule has 0 saturated heterocycles. The van der Waals surface area contributed by atoms with Crippen molar-refractivity contribution in [3.8, 4) is 5.75 Å². The standard InChI is InChI=1S/C16H26N2O3/c1-12(2)10-21-11-13(3)18-16(19)17-9-14-7-5-6-8-15(14)20-4/h5-8,12-13H,9-11H2,1-4H3,(H2,17,18,19). The highest BCUT2D eigenvalue weighted by atomic mass is 16.5. The van der Waals surface area contributed by atoms with Crippen LogP contribution in [0.2, 0.25) is 0 Å². The molecule has 1 atom stereocenters. The maximum atomic E-state index is 11.8. The zero-order chi connectivity index (χ0) is 15.7. The average Bonchev–Trinajstić information content (AvgIpc) is 2.45. The van der Waals surface area contributed by atoms with Crippen LogP contribution in [0.1, 0.15) is 26.3 Å². The summed E-state index contributed by atoms with van der Waals surface area (Å²) in [4.78, 5) is 11.8.